The first-order chi connectivity index (χ1) is 11.9. The molecule has 0 aliphatic heterocycles. The molecule has 1 aromatic heterocycles. The quantitative estimate of drug-likeness (QED) is 0.502. The summed E-state index contributed by atoms with van der Waals surface area (Å²) in [6.07, 6.45) is 1.46. The maximum Gasteiger partial charge on any atom is 0.315 e. The van der Waals surface area contributed by atoms with Crippen LogP contribution in [0.3, 0.4) is 0 Å². The number of carbonyl (C=O) groups excluding carboxylic acids is 1. The van der Waals surface area contributed by atoms with Gasteiger partial charge >= 0.3 is 6.03 Å². The molecule has 0 saturated heterocycles. The van der Waals surface area contributed by atoms with Crippen LogP contribution in [-0.2, 0) is 6.54 Å². The number of imidazole rings is 1. The summed E-state index contributed by atoms with van der Waals surface area (Å²) >= 11 is 0. The Labute approximate surface area is 147 Å². The normalized spacial score (nSPS) is 13.6. The first kappa shape index (κ1) is 19.2. The summed E-state index contributed by atoms with van der Waals surface area (Å²) in [6.45, 7) is 6.38. The van der Waals surface area contributed by atoms with E-state index in [-0.39, 0.29) is 25.7 Å². The van der Waals surface area contributed by atoms with Gasteiger partial charge in [0.15, 0.2) is 0 Å². The van der Waals surface area contributed by atoms with Gasteiger partial charge in [0.05, 0.1) is 23.2 Å². The molecular weight excluding hydrogens is 320 g/mol. The van der Waals surface area contributed by atoms with Gasteiger partial charge in [-0.15, -0.1) is 0 Å². The molecule has 2 aromatic rings. The van der Waals surface area contributed by atoms with Crippen molar-refractivity contribution in [3.05, 3.63) is 29.1 Å². The summed E-state index contributed by atoms with van der Waals surface area (Å²) in [5.74, 6) is 0.685. The molecule has 1 atom stereocenters. The predicted octanol–water partition coefficient (Wildman–Crippen LogP) is 1.89. The number of nitrogens with zero attached hydrogens (tertiary/aromatic N) is 1. The van der Waals surface area contributed by atoms with Crippen LogP contribution in [0.15, 0.2) is 12.1 Å². The Kier molecular flexibility index (Phi) is 6.39. The summed E-state index contributed by atoms with van der Waals surface area (Å²) < 4.78 is 0. The number of carbonyl (C=O) groups is 1. The maximum absolute atomic E-state index is 12.0. The predicted molar refractivity (Wildman–Crippen MR) is 97.4 cm³/mol. The van der Waals surface area contributed by atoms with Gasteiger partial charge in [-0.2, -0.15) is 0 Å². The number of hydrogen-bond acceptors (Lipinski definition) is 4. The Morgan fingerprint density at radius 2 is 2.08 bits per heavy atom. The van der Waals surface area contributed by atoms with E-state index in [1.54, 1.807) is 0 Å². The highest BCUT2D eigenvalue weighted by Crippen LogP contribution is 2.19. The van der Waals surface area contributed by atoms with E-state index in [1.165, 1.54) is 5.56 Å². The standard InChI is InChI=1S/C18H28N4O3/c1-4-18(25,8-5-9-23)11-20-17(24)19-10-15-21-14-7-6-12(2)13(3)16(14)22-15/h6-7,23,25H,4-5,8-11H2,1-3H3,(H,21,22)(H2,19,20,24). The molecule has 5 N–H and O–H groups in total. The van der Waals surface area contributed by atoms with Crippen molar-refractivity contribution < 1.29 is 15.0 Å². The monoisotopic (exact) mass is 348 g/mol. The third kappa shape index (κ3) is 4.93. The Hall–Kier alpha value is -2.12. The highest BCUT2D eigenvalue weighted by molar-refractivity contribution is 5.80. The third-order valence-electron chi connectivity index (χ3n) is 4.68. The van der Waals surface area contributed by atoms with Crippen LogP contribution < -0.4 is 10.6 Å². The molecule has 2 amide bonds. The second kappa shape index (κ2) is 8.31. The number of H-pyrrole nitrogens is 1. The number of aryl methyl sites for hydroxylation is 2. The van der Waals surface area contributed by atoms with Gasteiger partial charge in [-0.3, -0.25) is 0 Å². The van der Waals surface area contributed by atoms with E-state index in [1.807, 2.05) is 32.9 Å². The number of hydrogen-bond donors (Lipinski definition) is 5. The van der Waals surface area contributed by atoms with Gasteiger partial charge in [0.2, 0.25) is 0 Å². The Morgan fingerprint density at radius 3 is 2.76 bits per heavy atom. The van der Waals surface area contributed by atoms with Crippen molar-refractivity contribution in [2.75, 3.05) is 13.2 Å². The van der Waals surface area contributed by atoms with Gasteiger partial charge in [0.1, 0.15) is 5.82 Å². The van der Waals surface area contributed by atoms with Gasteiger partial charge in [-0.25, -0.2) is 9.78 Å². The summed E-state index contributed by atoms with van der Waals surface area (Å²) in [4.78, 5) is 19.7. The first-order valence-electron chi connectivity index (χ1n) is 8.68. The fourth-order valence-electron chi connectivity index (χ4n) is 2.72. The van der Waals surface area contributed by atoms with E-state index in [4.69, 9.17) is 5.11 Å². The van der Waals surface area contributed by atoms with Crippen LogP contribution in [0.4, 0.5) is 4.79 Å². The minimum atomic E-state index is -0.992. The van der Waals surface area contributed by atoms with Crippen LogP contribution in [-0.4, -0.2) is 45.0 Å². The average Bonchev–Trinajstić information content (AvgIpc) is 3.03. The zero-order chi connectivity index (χ0) is 18.4. The van der Waals surface area contributed by atoms with Crippen molar-refractivity contribution >= 4 is 17.1 Å². The molecule has 1 aromatic carbocycles. The average molecular weight is 348 g/mol. The van der Waals surface area contributed by atoms with E-state index in [0.29, 0.717) is 25.1 Å². The zero-order valence-corrected chi connectivity index (χ0v) is 15.1. The summed E-state index contributed by atoms with van der Waals surface area (Å²) in [5.41, 5.74) is 3.18. The van der Waals surface area contributed by atoms with Gasteiger partial charge < -0.3 is 25.8 Å². The lowest BCUT2D eigenvalue weighted by Crippen LogP contribution is -2.46. The lowest BCUT2D eigenvalue weighted by molar-refractivity contribution is 0.0239. The van der Waals surface area contributed by atoms with Crippen LogP contribution in [0.5, 0.6) is 0 Å². The molecule has 0 spiro atoms. The molecule has 0 fully saturated rings. The van der Waals surface area contributed by atoms with Crippen molar-refractivity contribution in [1.29, 1.82) is 0 Å². The number of nitrogens with one attached hydrogen (secondary N) is 3. The van der Waals surface area contributed by atoms with E-state index in [2.05, 4.69) is 20.6 Å². The van der Waals surface area contributed by atoms with Gasteiger partial charge in [0, 0.05) is 13.2 Å². The number of fused-ring (bicyclic) bond motifs is 1. The van der Waals surface area contributed by atoms with E-state index in [9.17, 15) is 9.90 Å². The molecule has 138 valence electrons. The van der Waals surface area contributed by atoms with Crippen molar-refractivity contribution in [1.82, 2.24) is 20.6 Å². The third-order valence-corrected chi connectivity index (χ3v) is 4.68. The zero-order valence-electron chi connectivity index (χ0n) is 15.1. The van der Waals surface area contributed by atoms with Crippen molar-refractivity contribution in [2.45, 2.75) is 52.2 Å². The van der Waals surface area contributed by atoms with Gasteiger partial charge in [0.25, 0.3) is 0 Å². The highest BCUT2D eigenvalue weighted by atomic mass is 16.3. The number of aromatic nitrogens is 2. The Bertz CT molecular complexity index is 728. The summed E-state index contributed by atoms with van der Waals surface area (Å²) in [5, 5.41) is 24.7. The van der Waals surface area contributed by atoms with Crippen molar-refractivity contribution in [3.63, 3.8) is 0 Å². The molecule has 0 radical (unpaired) electrons. The van der Waals surface area contributed by atoms with Crippen LogP contribution in [0, 0.1) is 13.8 Å². The number of rotatable bonds is 8. The molecule has 0 aliphatic rings. The molecule has 25 heavy (non-hydrogen) atoms. The SMILES string of the molecule is CCC(O)(CCCO)CNC(=O)NCc1nc2c(C)c(C)ccc2[nH]1. The van der Waals surface area contributed by atoms with E-state index < -0.39 is 5.60 Å². The Morgan fingerprint density at radius 1 is 1.32 bits per heavy atom. The smallest absolute Gasteiger partial charge is 0.315 e. The summed E-state index contributed by atoms with van der Waals surface area (Å²) in [6, 6.07) is 3.67. The molecule has 0 saturated carbocycles. The van der Waals surface area contributed by atoms with Crippen LogP contribution in [0.2, 0.25) is 0 Å². The number of urea groups is 1. The largest absolute Gasteiger partial charge is 0.396 e. The van der Waals surface area contributed by atoms with Crippen molar-refractivity contribution in [3.8, 4) is 0 Å². The number of aromatic amines is 1. The number of aliphatic hydroxyl groups excluding tert-OH is 1. The second-order valence-electron chi connectivity index (χ2n) is 6.53. The maximum atomic E-state index is 12.0. The lowest BCUT2D eigenvalue weighted by Gasteiger charge is -2.26. The molecule has 2 rings (SSSR count). The minimum Gasteiger partial charge on any atom is -0.396 e. The van der Waals surface area contributed by atoms with Crippen LogP contribution >= 0.6 is 0 Å². The molecule has 1 unspecified atom stereocenters. The van der Waals surface area contributed by atoms with E-state index >= 15 is 0 Å². The molecule has 1 heterocycles. The summed E-state index contributed by atoms with van der Waals surface area (Å²) in [7, 11) is 0. The topological polar surface area (TPSA) is 110 Å². The first-order valence-corrected chi connectivity index (χ1v) is 8.68. The van der Waals surface area contributed by atoms with Crippen LogP contribution in [0.1, 0.15) is 43.1 Å². The molecule has 0 aliphatic carbocycles. The highest BCUT2D eigenvalue weighted by Gasteiger charge is 2.24. The van der Waals surface area contributed by atoms with Gasteiger partial charge in [-0.1, -0.05) is 13.0 Å². The number of amides is 2. The molecule has 0 bridgehead atoms. The molecule has 7 heteroatoms. The Balaban J connectivity index is 1.88. The van der Waals surface area contributed by atoms with E-state index in [0.717, 1.165) is 16.6 Å². The van der Waals surface area contributed by atoms with Gasteiger partial charge in [-0.05, 0) is 50.3 Å². The minimum absolute atomic E-state index is 0.0272. The lowest BCUT2D eigenvalue weighted by atomic mass is 9.95. The fraction of sp³-hybridized carbons (Fsp3) is 0.556. The molecular formula is C18H28N4O3. The number of benzene rings is 1. The fourth-order valence-corrected chi connectivity index (χ4v) is 2.72. The molecule has 7 nitrogen and oxygen atoms in total. The van der Waals surface area contributed by atoms with Crippen LogP contribution in [0.25, 0.3) is 11.0 Å². The number of aliphatic hydroxyl groups is 2. The van der Waals surface area contributed by atoms with Crippen molar-refractivity contribution in [2.24, 2.45) is 0 Å². The second-order valence-corrected chi connectivity index (χ2v) is 6.53.